The maximum atomic E-state index is 14.0. The van der Waals surface area contributed by atoms with Crippen LogP contribution in [0.4, 0.5) is 36.3 Å². The van der Waals surface area contributed by atoms with Gasteiger partial charge < -0.3 is 25.0 Å². The first kappa shape index (κ1) is 28.8. The van der Waals surface area contributed by atoms with Crippen LogP contribution in [0.1, 0.15) is 57.2 Å². The summed E-state index contributed by atoms with van der Waals surface area (Å²) in [5.74, 6) is -1.12. The molecule has 1 fully saturated rings. The van der Waals surface area contributed by atoms with Gasteiger partial charge in [0.1, 0.15) is 11.4 Å². The molecule has 2 aromatic carbocycles. The summed E-state index contributed by atoms with van der Waals surface area (Å²) in [5.41, 5.74) is 1.76. The number of nitrogens with zero attached hydrogens (tertiary/aromatic N) is 4. The van der Waals surface area contributed by atoms with Gasteiger partial charge in [-0.2, -0.15) is 18.2 Å². The Bertz CT molecular complexity index is 1450. The molecule has 0 radical (unpaired) electrons. The van der Waals surface area contributed by atoms with Crippen LogP contribution in [0.2, 0.25) is 0 Å². The molecular formula is C28H30F3N6O3P. The Kier molecular flexibility index (Phi) is 8.42. The monoisotopic (exact) mass is 586 g/mol. The minimum absolute atomic E-state index is 0.0506. The van der Waals surface area contributed by atoms with Gasteiger partial charge in [0.25, 0.3) is 11.8 Å². The van der Waals surface area contributed by atoms with Crippen LogP contribution in [0, 0.1) is 0 Å². The Morgan fingerprint density at radius 2 is 1.83 bits per heavy atom. The normalized spacial score (nSPS) is 15.2. The van der Waals surface area contributed by atoms with Crippen LogP contribution in [0.15, 0.2) is 42.6 Å². The lowest BCUT2D eigenvalue weighted by atomic mass is 10.00. The molecule has 3 aromatic rings. The molecule has 1 atom stereocenters. The number of aromatic nitrogens is 2. The molecule has 2 aliphatic rings. The van der Waals surface area contributed by atoms with Crippen molar-refractivity contribution in [1.82, 2.24) is 19.8 Å². The average molecular weight is 587 g/mol. The van der Waals surface area contributed by atoms with Crippen molar-refractivity contribution in [3.63, 3.8) is 0 Å². The fraction of sp³-hybridized carbons (Fsp3) is 0.357. The van der Waals surface area contributed by atoms with Crippen LogP contribution in [0.5, 0.6) is 0 Å². The average Bonchev–Trinajstić information content (AvgIpc) is 3.58. The Hall–Kier alpha value is -3.76. The molecule has 0 spiro atoms. The number of fused-ring (bicyclic) bond motifs is 1. The number of nitrogens with one attached hydrogen (secondary N) is 2. The van der Waals surface area contributed by atoms with E-state index >= 15 is 0 Å². The van der Waals surface area contributed by atoms with E-state index in [1.54, 1.807) is 30.1 Å². The van der Waals surface area contributed by atoms with Crippen LogP contribution < -0.4 is 10.6 Å². The Balaban J connectivity index is 1.45. The van der Waals surface area contributed by atoms with Crippen LogP contribution in [-0.4, -0.2) is 58.3 Å². The number of anilines is 4. The quantitative estimate of drug-likeness (QED) is 0.237. The number of alkyl halides is 3. The lowest BCUT2D eigenvalue weighted by Gasteiger charge is -2.19. The van der Waals surface area contributed by atoms with E-state index in [9.17, 15) is 22.8 Å². The summed E-state index contributed by atoms with van der Waals surface area (Å²) in [6.45, 7) is 4.04. The third-order valence-electron chi connectivity index (χ3n) is 6.97. The summed E-state index contributed by atoms with van der Waals surface area (Å²) >= 11 is 0. The van der Waals surface area contributed by atoms with Gasteiger partial charge in [0.2, 0.25) is 5.95 Å². The number of amides is 2. The van der Waals surface area contributed by atoms with Crippen LogP contribution in [0.25, 0.3) is 0 Å². The highest BCUT2D eigenvalue weighted by atomic mass is 31.1. The molecule has 216 valence electrons. The zero-order valence-corrected chi connectivity index (χ0v) is 23.6. The number of carbonyl (C=O) groups is 2. The van der Waals surface area contributed by atoms with Gasteiger partial charge in [0.15, 0.2) is 0 Å². The Morgan fingerprint density at radius 3 is 2.51 bits per heavy atom. The van der Waals surface area contributed by atoms with Crippen molar-refractivity contribution in [1.29, 1.82) is 0 Å². The van der Waals surface area contributed by atoms with E-state index in [2.05, 4.69) is 20.6 Å². The molecule has 13 heteroatoms. The number of hydrogen-bond acceptors (Lipinski definition) is 7. The number of likely N-dealkylation sites (tertiary alicyclic amines) is 1. The van der Waals surface area contributed by atoms with Gasteiger partial charge in [0.05, 0.1) is 11.3 Å². The van der Waals surface area contributed by atoms with Crippen LogP contribution >= 0.6 is 8.81 Å². The molecule has 0 bridgehead atoms. The van der Waals surface area contributed by atoms with Gasteiger partial charge in [-0.3, -0.25) is 9.59 Å². The van der Waals surface area contributed by atoms with E-state index in [1.165, 1.54) is 11.0 Å². The molecule has 1 saturated heterocycles. The van der Waals surface area contributed by atoms with E-state index in [0.717, 1.165) is 24.6 Å². The summed E-state index contributed by atoms with van der Waals surface area (Å²) in [5, 5.41) is 5.68. The number of carbonyl (C=O) groups excluding carboxylic acids is 2. The molecule has 9 nitrogen and oxygen atoms in total. The first-order chi connectivity index (χ1) is 19.7. The highest BCUT2D eigenvalue weighted by Gasteiger charge is 2.37. The first-order valence-electron chi connectivity index (χ1n) is 13.3. The number of hydrogen-bond donors (Lipinski definition) is 2. The molecule has 5 rings (SSSR count). The summed E-state index contributed by atoms with van der Waals surface area (Å²) < 4.78 is 47.3. The van der Waals surface area contributed by atoms with Gasteiger partial charge in [0, 0.05) is 65.7 Å². The minimum Gasteiger partial charge on any atom is -0.362 e. The predicted octanol–water partition coefficient (Wildman–Crippen LogP) is 5.93. The summed E-state index contributed by atoms with van der Waals surface area (Å²) in [6.07, 6.45) is -1.46. The van der Waals surface area contributed by atoms with Crippen molar-refractivity contribution in [3.05, 3.63) is 70.4 Å². The zero-order chi connectivity index (χ0) is 29.1. The van der Waals surface area contributed by atoms with Crippen molar-refractivity contribution in [2.45, 2.75) is 38.6 Å². The van der Waals surface area contributed by atoms with Gasteiger partial charge in [-0.15, -0.1) is 0 Å². The predicted molar refractivity (Wildman–Crippen MR) is 151 cm³/mol. The number of halogens is 3. The fourth-order valence-corrected chi connectivity index (χ4v) is 5.60. The highest BCUT2D eigenvalue weighted by Crippen LogP contribution is 2.38. The van der Waals surface area contributed by atoms with E-state index in [-0.39, 0.29) is 35.6 Å². The second kappa shape index (κ2) is 12.0. The van der Waals surface area contributed by atoms with Crippen LogP contribution in [-0.2, 0) is 23.4 Å². The third kappa shape index (κ3) is 6.28. The second-order valence-corrected chi connectivity index (χ2v) is 10.8. The van der Waals surface area contributed by atoms with E-state index in [0.29, 0.717) is 51.5 Å². The maximum absolute atomic E-state index is 14.0. The summed E-state index contributed by atoms with van der Waals surface area (Å²) in [4.78, 5) is 37.4. The largest absolute Gasteiger partial charge is 0.421 e. The molecular weight excluding hydrogens is 556 g/mol. The minimum atomic E-state index is -4.75. The second-order valence-electron chi connectivity index (χ2n) is 9.83. The Labute approximate surface area is 237 Å². The van der Waals surface area contributed by atoms with Crippen molar-refractivity contribution < 1.29 is 27.3 Å². The molecule has 0 aliphatic carbocycles. The third-order valence-corrected chi connectivity index (χ3v) is 8.02. The topological polar surface area (TPSA) is 99.7 Å². The molecule has 3 heterocycles. The number of rotatable bonds is 9. The van der Waals surface area contributed by atoms with Crippen molar-refractivity contribution in [2.75, 3.05) is 37.4 Å². The van der Waals surface area contributed by atoms with Crippen molar-refractivity contribution in [3.8, 4) is 0 Å². The lowest BCUT2D eigenvalue weighted by molar-refractivity contribution is -0.137. The van der Waals surface area contributed by atoms with Crippen molar-refractivity contribution >= 4 is 43.8 Å². The number of benzene rings is 2. The van der Waals surface area contributed by atoms with Gasteiger partial charge in [-0.05, 0) is 55.2 Å². The van der Waals surface area contributed by atoms with E-state index in [4.69, 9.17) is 4.52 Å². The molecule has 0 saturated carbocycles. The molecule has 2 N–H and O–H groups in total. The SMILES string of the molecule is CCOPCc1ccc(Nc2ncc(C(F)(F)F)c(Nc3ccc(C(=O)N4CCCC4)c4c3C(=O)N(C)C4)n2)cc1. The summed E-state index contributed by atoms with van der Waals surface area (Å²) in [7, 11) is 1.94. The van der Waals surface area contributed by atoms with E-state index < -0.39 is 17.6 Å². The van der Waals surface area contributed by atoms with Crippen LogP contribution in [0.3, 0.4) is 0 Å². The molecule has 41 heavy (non-hydrogen) atoms. The highest BCUT2D eigenvalue weighted by molar-refractivity contribution is 7.31. The molecule has 1 unspecified atom stereocenters. The van der Waals surface area contributed by atoms with Gasteiger partial charge in [-0.1, -0.05) is 12.1 Å². The van der Waals surface area contributed by atoms with Gasteiger partial charge >= 0.3 is 6.18 Å². The van der Waals surface area contributed by atoms with Crippen molar-refractivity contribution in [2.24, 2.45) is 0 Å². The lowest BCUT2D eigenvalue weighted by Crippen LogP contribution is -2.28. The molecule has 2 aliphatic heterocycles. The van der Waals surface area contributed by atoms with E-state index in [1.807, 2.05) is 19.1 Å². The Morgan fingerprint density at radius 1 is 1.10 bits per heavy atom. The summed E-state index contributed by atoms with van der Waals surface area (Å²) in [6, 6.07) is 10.4. The first-order valence-corrected chi connectivity index (χ1v) is 14.4. The standard InChI is InChI=1S/C28H30F3N6O3P/c1-3-40-41-16-17-6-8-18(9-7-17)33-27-32-14-21(28(29,30)31)24(35-27)34-22-11-10-19(25(38)37-12-4-5-13-37)20-15-36(2)26(39)23(20)22/h6-11,14,41H,3-5,12-13,15-16H2,1-2H3,(H2,32,33,34,35). The van der Waals surface area contributed by atoms with Gasteiger partial charge in [-0.25, -0.2) is 4.98 Å². The fourth-order valence-electron chi connectivity index (χ4n) is 4.90. The maximum Gasteiger partial charge on any atom is 0.421 e. The smallest absolute Gasteiger partial charge is 0.362 e. The molecule has 2 amide bonds. The molecule has 1 aromatic heterocycles. The zero-order valence-electron chi connectivity index (χ0n) is 22.6.